The predicted molar refractivity (Wildman–Crippen MR) is 75.5 cm³/mol. The van der Waals surface area contributed by atoms with E-state index < -0.39 is 29.5 Å². The summed E-state index contributed by atoms with van der Waals surface area (Å²) in [6.07, 6.45) is 4.33. The first-order valence-electron chi connectivity index (χ1n) is 6.62. The Morgan fingerprint density at radius 2 is 1.90 bits per heavy atom. The fourth-order valence-corrected chi connectivity index (χ4v) is 3.64. The minimum absolute atomic E-state index is 0.0482. The molecule has 1 fully saturated rings. The summed E-state index contributed by atoms with van der Waals surface area (Å²) in [6.45, 7) is 0. The van der Waals surface area contributed by atoms with Crippen LogP contribution >= 0.6 is 15.9 Å². The quantitative estimate of drug-likeness (QED) is 0.842. The van der Waals surface area contributed by atoms with E-state index in [1.165, 1.54) is 12.1 Å². The lowest BCUT2D eigenvalue weighted by atomic mass is 9.82. The Kier molecular flexibility index (Phi) is 3.57. The van der Waals surface area contributed by atoms with Crippen molar-refractivity contribution in [2.24, 2.45) is 23.7 Å². The van der Waals surface area contributed by atoms with E-state index in [-0.39, 0.29) is 17.5 Å². The van der Waals surface area contributed by atoms with Crippen LogP contribution in [0, 0.1) is 29.5 Å². The highest BCUT2D eigenvalue weighted by Gasteiger charge is 2.48. The second kappa shape index (κ2) is 5.26. The summed E-state index contributed by atoms with van der Waals surface area (Å²) in [6, 6.07) is 4.29. The molecule has 0 saturated heterocycles. The molecule has 2 aliphatic carbocycles. The van der Waals surface area contributed by atoms with Crippen LogP contribution in [0.25, 0.3) is 0 Å². The first kappa shape index (κ1) is 14.3. The number of allylic oxidation sites excluding steroid dienone is 2. The number of fused-ring (bicyclic) bond motifs is 2. The molecule has 0 radical (unpaired) electrons. The van der Waals surface area contributed by atoms with Crippen molar-refractivity contribution >= 4 is 33.5 Å². The van der Waals surface area contributed by atoms with Crippen molar-refractivity contribution in [1.82, 2.24) is 0 Å². The molecular weight excluding hydrogens is 341 g/mol. The molecule has 21 heavy (non-hydrogen) atoms. The third-order valence-corrected chi connectivity index (χ3v) is 4.72. The highest BCUT2D eigenvalue weighted by atomic mass is 79.9. The molecule has 1 amide bonds. The summed E-state index contributed by atoms with van der Waals surface area (Å²) >= 11 is 3.14. The number of aliphatic carboxylic acids is 1. The molecular formula is C15H12BrFNO3-. The second-order valence-corrected chi connectivity index (χ2v) is 6.35. The molecule has 2 bridgehead atoms. The maximum absolute atomic E-state index is 13.8. The Bertz CT molecular complexity index is 646. The van der Waals surface area contributed by atoms with Gasteiger partial charge in [0.2, 0.25) is 5.91 Å². The molecule has 3 rings (SSSR count). The molecule has 0 aromatic heterocycles. The van der Waals surface area contributed by atoms with Crippen LogP contribution in [0.5, 0.6) is 0 Å². The van der Waals surface area contributed by atoms with Crippen LogP contribution in [0.3, 0.4) is 0 Å². The number of rotatable bonds is 3. The van der Waals surface area contributed by atoms with Crippen LogP contribution < -0.4 is 10.4 Å². The van der Waals surface area contributed by atoms with Crippen LogP contribution in [-0.2, 0) is 9.59 Å². The number of carbonyl (C=O) groups is 2. The number of hydrogen-bond donors (Lipinski definition) is 1. The van der Waals surface area contributed by atoms with Crippen LogP contribution in [0.2, 0.25) is 0 Å². The fraction of sp³-hybridized carbons (Fsp3) is 0.333. The van der Waals surface area contributed by atoms with E-state index in [2.05, 4.69) is 21.2 Å². The van der Waals surface area contributed by atoms with Crippen LogP contribution in [-0.4, -0.2) is 11.9 Å². The lowest BCUT2D eigenvalue weighted by Crippen LogP contribution is -2.43. The minimum Gasteiger partial charge on any atom is -0.550 e. The van der Waals surface area contributed by atoms with Gasteiger partial charge < -0.3 is 15.2 Å². The molecule has 0 heterocycles. The minimum atomic E-state index is -1.22. The van der Waals surface area contributed by atoms with Crippen molar-refractivity contribution in [2.45, 2.75) is 6.42 Å². The second-order valence-electron chi connectivity index (χ2n) is 5.43. The Hall–Kier alpha value is -1.69. The summed E-state index contributed by atoms with van der Waals surface area (Å²) in [5, 5.41) is 13.8. The van der Waals surface area contributed by atoms with Crippen molar-refractivity contribution in [3.63, 3.8) is 0 Å². The molecule has 2 aliphatic rings. The molecule has 1 saturated carbocycles. The molecule has 1 N–H and O–H groups in total. The predicted octanol–water partition coefficient (Wildman–Crippen LogP) is 1.71. The molecule has 4 nitrogen and oxygen atoms in total. The normalized spacial score (nSPS) is 29.6. The van der Waals surface area contributed by atoms with Gasteiger partial charge in [0, 0.05) is 16.4 Å². The van der Waals surface area contributed by atoms with Gasteiger partial charge in [0.05, 0.1) is 11.6 Å². The van der Waals surface area contributed by atoms with Gasteiger partial charge in [-0.05, 0) is 36.5 Å². The third-order valence-electron chi connectivity index (χ3n) is 4.22. The highest BCUT2D eigenvalue weighted by molar-refractivity contribution is 9.10. The number of nitrogens with one attached hydrogen (secondary N) is 1. The number of carboxylic acids is 1. The number of benzene rings is 1. The number of amides is 1. The van der Waals surface area contributed by atoms with E-state index in [1.807, 2.05) is 12.2 Å². The van der Waals surface area contributed by atoms with Crippen molar-refractivity contribution in [3.8, 4) is 0 Å². The van der Waals surface area contributed by atoms with Crippen molar-refractivity contribution in [3.05, 3.63) is 40.6 Å². The average molecular weight is 353 g/mol. The highest BCUT2D eigenvalue weighted by Crippen LogP contribution is 2.48. The third kappa shape index (κ3) is 2.48. The van der Waals surface area contributed by atoms with Gasteiger partial charge in [-0.25, -0.2) is 4.39 Å². The van der Waals surface area contributed by atoms with Crippen LogP contribution in [0.1, 0.15) is 6.42 Å². The summed E-state index contributed by atoms with van der Waals surface area (Å²) in [4.78, 5) is 23.6. The van der Waals surface area contributed by atoms with Crippen LogP contribution in [0.15, 0.2) is 34.8 Å². The van der Waals surface area contributed by atoms with E-state index in [0.717, 1.165) is 0 Å². The number of anilines is 1. The van der Waals surface area contributed by atoms with Gasteiger partial charge in [-0.3, -0.25) is 4.79 Å². The summed E-state index contributed by atoms with van der Waals surface area (Å²) in [5.74, 6) is -4.07. The van der Waals surface area contributed by atoms with Gasteiger partial charge in [-0.15, -0.1) is 0 Å². The summed E-state index contributed by atoms with van der Waals surface area (Å²) < 4.78 is 14.3. The topological polar surface area (TPSA) is 69.2 Å². The zero-order chi connectivity index (χ0) is 15.1. The van der Waals surface area contributed by atoms with E-state index in [9.17, 15) is 19.1 Å². The number of carbonyl (C=O) groups excluding carboxylic acids is 2. The van der Waals surface area contributed by atoms with Crippen LogP contribution in [0.4, 0.5) is 10.1 Å². The zero-order valence-corrected chi connectivity index (χ0v) is 12.5. The van der Waals surface area contributed by atoms with Gasteiger partial charge in [0.25, 0.3) is 0 Å². The first-order valence-corrected chi connectivity index (χ1v) is 7.42. The van der Waals surface area contributed by atoms with Crippen molar-refractivity contribution in [1.29, 1.82) is 0 Å². The number of hydrogen-bond acceptors (Lipinski definition) is 3. The fourth-order valence-electron chi connectivity index (χ4n) is 3.31. The molecule has 110 valence electrons. The van der Waals surface area contributed by atoms with Gasteiger partial charge >= 0.3 is 0 Å². The van der Waals surface area contributed by atoms with E-state index in [1.54, 1.807) is 6.07 Å². The van der Waals surface area contributed by atoms with Crippen molar-refractivity contribution in [2.75, 3.05) is 5.32 Å². The van der Waals surface area contributed by atoms with Gasteiger partial charge in [0.1, 0.15) is 5.82 Å². The molecule has 1 aromatic carbocycles. The smallest absolute Gasteiger partial charge is 0.228 e. The average Bonchev–Trinajstić information content (AvgIpc) is 3.02. The Labute approximate surface area is 129 Å². The summed E-state index contributed by atoms with van der Waals surface area (Å²) in [5.41, 5.74) is 0.0482. The lowest BCUT2D eigenvalue weighted by molar-refractivity contribution is -0.313. The number of halogens is 2. The van der Waals surface area contributed by atoms with Gasteiger partial charge in [-0.2, -0.15) is 0 Å². The van der Waals surface area contributed by atoms with E-state index in [0.29, 0.717) is 10.9 Å². The molecule has 0 unspecified atom stereocenters. The monoisotopic (exact) mass is 352 g/mol. The Morgan fingerprint density at radius 1 is 1.24 bits per heavy atom. The number of carboxylic acid groups (broad SMARTS) is 1. The largest absolute Gasteiger partial charge is 0.550 e. The lowest BCUT2D eigenvalue weighted by Gasteiger charge is -2.27. The molecule has 0 aliphatic heterocycles. The standard InChI is InChI=1S/C15H13BrFNO3/c16-9-3-4-11(10(17)6-9)18-14(19)12-7-1-2-8(5-7)13(12)15(20)21/h1-4,6-8,12-13H,5H2,(H,18,19)(H,20,21)/p-1/t7-,8+,12+,13-/m0/s1. The van der Waals surface area contributed by atoms with E-state index >= 15 is 0 Å². The molecule has 6 heteroatoms. The maximum Gasteiger partial charge on any atom is 0.228 e. The molecule has 4 atom stereocenters. The Balaban J connectivity index is 1.82. The Morgan fingerprint density at radius 3 is 2.52 bits per heavy atom. The van der Waals surface area contributed by atoms with Crippen molar-refractivity contribution < 1.29 is 19.1 Å². The van der Waals surface area contributed by atoms with Gasteiger partial charge in [0.15, 0.2) is 0 Å². The SMILES string of the molecule is O=C([O-])[C@@H]1[C@H](C(=O)Nc2ccc(Br)cc2F)[C@H]2C=C[C@@H]1C2. The molecule has 0 spiro atoms. The van der Waals surface area contributed by atoms with Gasteiger partial charge in [-0.1, -0.05) is 28.1 Å². The maximum atomic E-state index is 13.8. The molecule has 1 aromatic rings. The first-order chi connectivity index (χ1) is 9.97. The summed E-state index contributed by atoms with van der Waals surface area (Å²) in [7, 11) is 0. The van der Waals surface area contributed by atoms with E-state index in [4.69, 9.17) is 0 Å². The zero-order valence-electron chi connectivity index (χ0n) is 10.9.